The molecule has 0 saturated carbocycles. The summed E-state index contributed by atoms with van der Waals surface area (Å²) in [5.74, 6) is 0.731. The molecular formula is C19H27NO5. The summed E-state index contributed by atoms with van der Waals surface area (Å²) in [6.07, 6.45) is 2.70. The number of carbonyl (C=O) groups is 1. The summed E-state index contributed by atoms with van der Waals surface area (Å²) in [5.41, 5.74) is 1.05. The molecule has 1 amide bonds. The Morgan fingerprint density at radius 1 is 1.32 bits per heavy atom. The Balaban J connectivity index is 2.39. The maximum absolute atomic E-state index is 12.1. The molecule has 25 heavy (non-hydrogen) atoms. The van der Waals surface area contributed by atoms with Crippen molar-refractivity contribution in [1.82, 2.24) is 5.32 Å². The third-order valence-corrected chi connectivity index (χ3v) is 4.36. The molecule has 1 heterocycles. The second-order valence-corrected chi connectivity index (χ2v) is 5.88. The van der Waals surface area contributed by atoms with Crippen LogP contribution in [0.2, 0.25) is 0 Å². The SMILES string of the molecule is CCO[C@@H]1OC(C(=O)NC)=C[C@H](c2ccc(OC)cc2)[C@H]1CCCO. The van der Waals surface area contributed by atoms with Crippen LogP contribution >= 0.6 is 0 Å². The molecule has 1 aromatic rings. The molecule has 0 aliphatic carbocycles. The summed E-state index contributed by atoms with van der Waals surface area (Å²) < 4.78 is 16.8. The summed E-state index contributed by atoms with van der Waals surface area (Å²) in [6, 6.07) is 7.78. The minimum atomic E-state index is -0.527. The van der Waals surface area contributed by atoms with Gasteiger partial charge in [-0.2, -0.15) is 0 Å². The third kappa shape index (κ3) is 4.74. The molecule has 3 atom stereocenters. The summed E-state index contributed by atoms with van der Waals surface area (Å²) >= 11 is 0. The van der Waals surface area contributed by atoms with Gasteiger partial charge in [-0.3, -0.25) is 4.79 Å². The number of hydrogen-bond acceptors (Lipinski definition) is 5. The van der Waals surface area contributed by atoms with E-state index >= 15 is 0 Å². The number of ether oxygens (including phenoxy) is 3. The Morgan fingerprint density at radius 2 is 2.04 bits per heavy atom. The smallest absolute Gasteiger partial charge is 0.285 e. The van der Waals surface area contributed by atoms with E-state index < -0.39 is 6.29 Å². The number of aliphatic hydroxyl groups is 1. The number of allylic oxidation sites excluding steroid dienone is 1. The van der Waals surface area contributed by atoms with Crippen molar-refractivity contribution in [3.8, 4) is 5.75 Å². The summed E-state index contributed by atoms with van der Waals surface area (Å²) in [6.45, 7) is 2.49. The van der Waals surface area contributed by atoms with E-state index in [4.69, 9.17) is 14.2 Å². The molecular weight excluding hydrogens is 322 g/mol. The lowest BCUT2D eigenvalue weighted by Crippen LogP contribution is -2.38. The second kappa shape index (κ2) is 9.44. The lowest BCUT2D eigenvalue weighted by Gasteiger charge is -2.37. The highest BCUT2D eigenvalue weighted by atomic mass is 16.7. The molecule has 1 aliphatic rings. The number of methoxy groups -OCH3 is 1. The average Bonchev–Trinajstić information content (AvgIpc) is 2.66. The first-order valence-corrected chi connectivity index (χ1v) is 8.61. The molecule has 2 N–H and O–H groups in total. The van der Waals surface area contributed by atoms with Crippen molar-refractivity contribution in [3.05, 3.63) is 41.7 Å². The van der Waals surface area contributed by atoms with E-state index in [2.05, 4.69) is 5.32 Å². The van der Waals surface area contributed by atoms with Crippen LogP contribution in [0.25, 0.3) is 0 Å². The van der Waals surface area contributed by atoms with Crippen molar-refractivity contribution in [1.29, 1.82) is 0 Å². The molecule has 6 nitrogen and oxygen atoms in total. The largest absolute Gasteiger partial charge is 0.497 e. The molecule has 138 valence electrons. The van der Waals surface area contributed by atoms with Gasteiger partial charge in [0.25, 0.3) is 5.91 Å². The first-order valence-electron chi connectivity index (χ1n) is 8.61. The van der Waals surface area contributed by atoms with Crippen LogP contribution in [0.3, 0.4) is 0 Å². The fourth-order valence-corrected chi connectivity index (χ4v) is 3.09. The van der Waals surface area contributed by atoms with Crippen LogP contribution in [0.1, 0.15) is 31.2 Å². The van der Waals surface area contributed by atoms with Gasteiger partial charge in [0.1, 0.15) is 5.75 Å². The van der Waals surface area contributed by atoms with E-state index in [-0.39, 0.29) is 30.1 Å². The van der Waals surface area contributed by atoms with Gasteiger partial charge in [0.2, 0.25) is 6.29 Å². The highest BCUT2D eigenvalue weighted by molar-refractivity contribution is 5.91. The summed E-state index contributed by atoms with van der Waals surface area (Å²) in [7, 11) is 3.20. The van der Waals surface area contributed by atoms with E-state index in [1.54, 1.807) is 14.2 Å². The standard InChI is InChI=1S/C19H27NO5/c1-4-24-19-15(6-5-11-21)16(12-17(25-19)18(22)20-2)13-7-9-14(23-3)10-8-13/h7-10,12,15-16,19,21H,4-6,11H2,1-3H3,(H,20,22)/t15-,16-,19-/m1/s1. The molecule has 0 radical (unpaired) electrons. The Kier molecular flexibility index (Phi) is 7.28. The Bertz CT molecular complexity index is 584. The van der Waals surface area contributed by atoms with Crippen LogP contribution in [-0.2, 0) is 14.3 Å². The molecule has 0 unspecified atom stereocenters. The zero-order valence-electron chi connectivity index (χ0n) is 15.0. The third-order valence-electron chi connectivity index (χ3n) is 4.36. The minimum absolute atomic E-state index is 0.00824. The highest BCUT2D eigenvalue weighted by Gasteiger charge is 2.37. The van der Waals surface area contributed by atoms with E-state index in [0.717, 1.165) is 17.7 Å². The molecule has 0 saturated heterocycles. The topological polar surface area (TPSA) is 77.0 Å². The predicted molar refractivity (Wildman–Crippen MR) is 94.2 cm³/mol. The number of carbonyl (C=O) groups excluding carboxylic acids is 1. The van der Waals surface area contributed by atoms with Gasteiger partial charge >= 0.3 is 0 Å². The van der Waals surface area contributed by atoms with Crippen LogP contribution in [0.4, 0.5) is 0 Å². The zero-order valence-corrected chi connectivity index (χ0v) is 15.0. The lowest BCUT2D eigenvalue weighted by molar-refractivity contribution is -0.166. The molecule has 0 spiro atoms. The number of hydrogen-bond donors (Lipinski definition) is 2. The van der Waals surface area contributed by atoms with E-state index in [0.29, 0.717) is 13.0 Å². The van der Waals surface area contributed by atoms with Gasteiger partial charge < -0.3 is 24.6 Å². The van der Waals surface area contributed by atoms with Gasteiger partial charge in [-0.05, 0) is 43.5 Å². The Morgan fingerprint density at radius 3 is 2.60 bits per heavy atom. The van der Waals surface area contributed by atoms with Crippen LogP contribution in [0.5, 0.6) is 5.75 Å². The second-order valence-electron chi connectivity index (χ2n) is 5.88. The molecule has 1 aromatic carbocycles. The minimum Gasteiger partial charge on any atom is -0.497 e. The van der Waals surface area contributed by atoms with Gasteiger partial charge in [0.15, 0.2) is 5.76 Å². The molecule has 0 bridgehead atoms. The van der Waals surface area contributed by atoms with Crippen molar-refractivity contribution >= 4 is 5.91 Å². The molecule has 0 aromatic heterocycles. The van der Waals surface area contributed by atoms with Crippen LogP contribution in [0, 0.1) is 5.92 Å². The fourth-order valence-electron chi connectivity index (χ4n) is 3.09. The van der Waals surface area contributed by atoms with Crippen LogP contribution < -0.4 is 10.1 Å². The van der Waals surface area contributed by atoms with E-state index in [1.165, 1.54) is 0 Å². The Hall–Kier alpha value is -2.05. The summed E-state index contributed by atoms with van der Waals surface area (Å²) in [4.78, 5) is 12.1. The predicted octanol–water partition coefficient (Wildman–Crippen LogP) is 2.19. The van der Waals surface area contributed by atoms with E-state index in [9.17, 15) is 9.90 Å². The Labute approximate surface area is 148 Å². The lowest BCUT2D eigenvalue weighted by atomic mass is 9.80. The molecule has 6 heteroatoms. The van der Waals surface area contributed by atoms with Crippen molar-refractivity contribution in [2.24, 2.45) is 5.92 Å². The van der Waals surface area contributed by atoms with Gasteiger partial charge in [0.05, 0.1) is 7.11 Å². The van der Waals surface area contributed by atoms with Crippen molar-refractivity contribution in [2.45, 2.75) is 32.0 Å². The number of aliphatic hydroxyl groups excluding tert-OH is 1. The van der Waals surface area contributed by atoms with Crippen molar-refractivity contribution in [3.63, 3.8) is 0 Å². The molecule has 0 fully saturated rings. The van der Waals surface area contributed by atoms with Crippen LogP contribution in [-0.4, -0.2) is 44.7 Å². The highest BCUT2D eigenvalue weighted by Crippen LogP contribution is 2.39. The van der Waals surface area contributed by atoms with Gasteiger partial charge in [-0.1, -0.05) is 12.1 Å². The molecule has 2 rings (SSSR count). The van der Waals surface area contributed by atoms with E-state index in [1.807, 2.05) is 37.3 Å². The first kappa shape index (κ1) is 19.3. The molecule has 1 aliphatic heterocycles. The monoisotopic (exact) mass is 349 g/mol. The number of nitrogens with one attached hydrogen (secondary N) is 1. The maximum Gasteiger partial charge on any atom is 0.285 e. The number of likely N-dealkylation sites (N-methyl/N-ethyl adjacent to an activating group) is 1. The van der Waals surface area contributed by atoms with Gasteiger partial charge in [0, 0.05) is 32.1 Å². The van der Waals surface area contributed by atoms with Gasteiger partial charge in [-0.25, -0.2) is 0 Å². The summed E-state index contributed by atoms with van der Waals surface area (Å²) in [5, 5.41) is 11.8. The fraction of sp³-hybridized carbons (Fsp3) is 0.526. The van der Waals surface area contributed by atoms with Crippen molar-refractivity contribution < 1.29 is 24.1 Å². The number of benzene rings is 1. The number of rotatable bonds is 8. The first-order chi connectivity index (χ1) is 12.1. The van der Waals surface area contributed by atoms with Gasteiger partial charge in [-0.15, -0.1) is 0 Å². The van der Waals surface area contributed by atoms with Crippen LogP contribution in [0.15, 0.2) is 36.1 Å². The normalized spacial score (nSPS) is 22.7. The van der Waals surface area contributed by atoms with Crippen molar-refractivity contribution in [2.75, 3.05) is 27.4 Å². The number of amides is 1. The quantitative estimate of drug-likeness (QED) is 0.752. The zero-order chi connectivity index (χ0) is 18.2. The average molecular weight is 349 g/mol. The maximum atomic E-state index is 12.1.